The maximum atomic E-state index is 11.1. The Morgan fingerprint density at radius 2 is 1.77 bits per heavy atom. The number of nitrogens with zero attached hydrogens (tertiary/aromatic N) is 1. The van der Waals surface area contributed by atoms with Gasteiger partial charge in [-0.15, -0.1) is 0 Å². The Bertz CT molecular complexity index is 131. The summed E-state index contributed by atoms with van der Waals surface area (Å²) in [5, 5.41) is 2.85. The van der Waals surface area contributed by atoms with Gasteiger partial charge in [0, 0.05) is 13.1 Å². The fourth-order valence-electron chi connectivity index (χ4n) is 1.23. The van der Waals surface area contributed by atoms with Gasteiger partial charge in [0.05, 0.1) is 6.54 Å². The predicted molar refractivity (Wildman–Crippen MR) is 55.7 cm³/mol. The van der Waals surface area contributed by atoms with Gasteiger partial charge in [-0.05, 0) is 19.9 Å². The van der Waals surface area contributed by atoms with Crippen LogP contribution in [0.5, 0.6) is 0 Å². The van der Waals surface area contributed by atoms with Crippen LogP contribution in [-0.2, 0) is 4.79 Å². The van der Waals surface area contributed by atoms with Gasteiger partial charge in [-0.1, -0.05) is 20.3 Å². The number of carbonyl (C=O) groups is 1. The van der Waals surface area contributed by atoms with E-state index in [1.807, 2.05) is 4.90 Å². The minimum atomic E-state index is 0.236. The van der Waals surface area contributed by atoms with Crippen molar-refractivity contribution >= 4 is 5.91 Å². The smallest absolute Gasteiger partial charge is 0.236 e. The summed E-state index contributed by atoms with van der Waals surface area (Å²) in [7, 11) is 1.80. The van der Waals surface area contributed by atoms with Crippen molar-refractivity contribution < 1.29 is 4.79 Å². The third-order valence-electron chi connectivity index (χ3n) is 1.79. The summed E-state index contributed by atoms with van der Waals surface area (Å²) in [6.07, 6.45) is 3.60. The standard InChI is InChI=1S/C7H14N2O.C3H8/c1-8-6-7(10)9-4-2-3-5-9;1-3-2/h8H,2-6H2,1H3;3H2,1-2H3. The van der Waals surface area contributed by atoms with E-state index >= 15 is 0 Å². The van der Waals surface area contributed by atoms with Crippen LogP contribution < -0.4 is 5.32 Å². The molecule has 78 valence electrons. The van der Waals surface area contributed by atoms with Crippen molar-refractivity contribution in [3.63, 3.8) is 0 Å². The molecule has 1 fully saturated rings. The number of likely N-dealkylation sites (tertiary alicyclic amines) is 1. The van der Waals surface area contributed by atoms with Crippen LogP contribution in [0.3, 0.4) is 0 Å². The Morgan fingerprint density at radius 3 is 2.15 bits per heavy atom. The van der Waals surface area contributed by atoms with Crippen LogP contribution in [0.2, 0.25) is 0 Å². The van der Waals surface area contributed by atoms with Crippen LogP contribution in [0.15, 0.2) is 0 Å². The second-order valence-electron chi connectivity index (χ2n) is 3.33. The van der Waals surface area contributed by atoms with Gasteiger partial charge in [0.2, 0.25) is 5.91 Å². The molecule has 1 amide bonds. The molecule has 1 saturated heterocycles. The summed E-state index contributed by atoms with van der Waals surface area (Å²) in [5.74, 6) is 0.236. The lowest BCUT2D eigenvalue weighted by molar-refractivity contribution is -0.129. The van der Waals surface area contributed by atoms with E-state index in [-0.39, 0.29) is 5.91 Å². The second-order valence-corrected chi connectivity index (χ2v) is 3.33. The molecule has 1 rings (SSSR count). The largest absolute Gasteiger partial charge is 0.342 e. The Morgan fingerprint density at radius 1 is 1.31 bits per heavy atom. The van der Waals surface area contributed by atoms with Gasteiger partial charge < -0.3 is 10.2 Å². The molecule has 1 aliphatic heterocycles. The average Bonchev–Trinajstić information content (AvgIpc) is 2.58. The zero-order valence-electron chi connectivity index (χ0n) is 9.10. The van der Waals surface area contributed by atoms with E-state index < -0.39 is 0 Å². The molecule has 0 radical (unpaired) electrons. The van der Waals surface area contributed by atoms with E-state index in [0.29, 0.717) is 6.54 Å². The van der Waals surface area contributed by atoms with Crippen molar-refractivity contribution in [1.29, 1.82) is 0 Å². The maximum absolute atomic E-state index is 11.1. The van der Waals surface area contributed by atoms with E-state index in [1.54, 1.807) is 7.05 Å². The first-order valence-corrected chi connectivity index (χ1v) is 5.18. The van der Waals surface area contributed by atoms with E-state index in [2.05, 4.69) is 19.2 Å². The Hall–Kier alpha value is -0.570. The normalized spacial score (nSPS) is 15.2. The van der Waals surface area contributed by atoms with E-state index in [0.717, 1.165) is 13.1 Å². The topological polar surface area (TPSA) is 32.3 Å². The fraction of sp³-hybridized carbons (Fsp3) is 0.900. The summed E-state index contributed by atoms with van der Waals surface area (Å²) in [6, 6.07) is 0. The van der Waals surface area contributed by atoms with Gasteiger partial charge in [0.25, 0.3) is 0 Å². The molecule has 3 nitrogen and oxygen atoms in total. The quantitative estimate of drug-likeness (QED) is 0.704. The Balaban J connectivity index is 0.000000424. The maximum Gasteiger partial charge on any atom is 0.236 e. The SMILES string of the molecule is CCC.CNCC(=O)N1CCCC1. The summed E-state index contributed by atoms with van der Waals surface area (Å²) >= 11 is 0. The molecular formula is C10H22N2O. The molecule has 3 heteroatoms. The summed E-state index contributed by atoms with van der Waals surface area (Å²) < 4.78 is 0. The third kappa shape index (κ3) is 5.64. The Kier molecular flexibility index (Phi) is 7.69. The molecule has 0 aromatic carbocycles. The second kappa shape index (κ2) is 8.05. The average molecular weight is 186 g/mol. The summed E-state index contributed by atoms with van der Waals surface area (Å²) in [5.41, 5.74) is 0. The molecule has 0 aromatic rings. The van der Waals surface area contributed by atoms with Crippen LogP contribution in [-0.4, -0.2) is 37.5 Å². The van der Waals surface area contributed by atoms with Crippen molar-refractivity contribution in [3.8, 4) is 0 Å². The highest BCUT2D eigenvalue weighted by atomic mass is 16.2. The highest BCUT2D eigenvalue weighted by Crippen LogP contribution is 2.06. The molecule has 0 aliphatic carbocycles. The molecule has 0 bridgehead atoms. The van der Waals surface area contributed by atoms with E-state index in [1.165, 1.54) is 19.3 Å². The molecule has 0 atom stereocenters. The first kappa shape index (κ1) is 12.4. The van der Waals surface area contributed by atoms with E-state index in [9.17, 15) is 4.79 Å². The lowest BCUT2D eigenvalue weighted by Gasteiger charge is -2.13. The lowest BCUT2D eigenvalue weighted by atomic mass is 10.4. The minimum absolute atomic E-state index is 0.236. The van der Waals surface area contributed by atoms with Crippen molar-refractivity contribution in [2.75, 3.05) is 26.7 Å². The van der Waals surface area contributed by atoms with Crippen LogP contribution in [0.25, 0.3) is 0 Å². The Labute approximate surface area is 81.5 Å². The zero-order chi connectivity index (χ0) is 10.1. The molecule has 1 N–H and O–H groups in total. The van der Waals surface area contributed by atoms with Crippen LogP contribution >= 0.6 is 0 Å². The first-order valence-electron chi connectivity index (χ1n) is 5.18. The molecule has 0 aromatic heterocycles. The van der Waals surface area contributed by atoms with Gasteiger partial charge in [0.15, 0.2) is 0 Å². The number of hydrogen-bond acceptors (Lipinski definition) is 2. The number of hydrogen-bond donors (Lipinski definition) is 1. The van der Waals surface area contributed by atoms with Gasteiger partial charge in [0.1, 0.15) is 0 Å². The summed E-state index contributed by atoms with van der Waals surface area (Å²) in [4.78, 5) is 13.0. The van der Waals surface area contributed by atoms with E-state index in [4.69, 9.17) is 0 Å². The highest BCUT2D eigenvalue weighted by molar-refractivity contribution is 5.78. The van der Waals surface area contributed by atoms with Crippen molar-refractivity contribution in [2.45, 2.75) is 33.1 Å². The molecule has 0 saturated carbocycles. The number of nitrogens with one attached hydrogen (secondary N) is 1. The van der Waals surface area contributed by atoms with Gasteiger partial charge in [-0.25, -0.2) is 0 Å². The number of amides is 1. The molecule has 1 aliphatic rings. The summed E-state index contributed by atoms with van der Waals surface area (Å²) in [6.45, 7) is 6.65. The molecule has 0 unspecified atom stereocenters. The van der Waals surface area contributed by atoms with Gasteiger partial charge in [-0.3, -0.25) is 4.79 Å². The number of carbonyl (C=O) groups excluding carboxylic acids is 1. The lowest BCUT2D eigenvalue weighted by Crippen LogP contribution is -2.34. The van der Waals surface area contributed by atoms with Crippen molar-refractivity contribution in [2.24, 2.45) is 0 Å². The predicted octanol–water partition coefficient (Wildman–Crippen LogP) is 1.24. The molecule has 1 heterocycles. The molecule has 13 heavy (non-hydrogen) atoms. The van der Waals surface area contributed by atoms with Gasteiger partial charge in [-0.2, -0.15) is 0 Å². The molecule has 0 spiro atoms. The van der Waals surface area contributed by atoms with Crippen LogP contribution in [0.1, 0.15) is 33.1 Å². The van der Waals surface area contributed by atoms with Crippen molar-refractivity contribution in [1.82, 2.24) is 10.2 Å². The highest BCUT2D eigenvalue weighted by Gasteiger charge is 2.15. The monoisotopic (exact) mass is 186 g/mol. The first-order chi connectivity index (χ1) is 6.26. The third-order valence-corrected chi connectivity index (χ3v) is 1.79. The minimum Gasteiger partial charge on any atom is -0.342 e. The van der Waals surface area contributed by atoms with Crippen LogP contribution in [0.4, 0.5) is 0 Å². The zero-order valence-corrected chi connectivity index (χ0v) is 9.10. The molecular weight excluding hydrogens is 164 g/mol. The van der Waals surface area contributed by atoms with Crippen LogP contribution in [0, 0.1) is 0 Å². The van der Waals surface area contributed by atoms with Crippen molar-refractivity contribution in [3.05, 3.63) is 0 Å². The number of likely N-dealkylation sites (N-methyl/N-ethyl adjacent to an activating group) is 1. The fourth-order valence-corrected chi connectivity index (χ4v) is 1.23. The number of rotatable bonds is 2. The van der Waals surface area contributed by atoms with Gasteiger partial charge >= 0.3 is 0 Å².